The summed E-state index contributed by atoms with van der Waals surface area (Å²) in [7, 11) is 0. The van der Waals surface area contributed by atoms with Gasteiger partial charge in [-0.3, -0.25) is 0 Å². The normalized spacial score (nSPS) is 24.6. The first-order chi connectivity index (χ1) is 9.24. The molecule has 1 aliphatic carbocycles. The van der Waals surface area contributed by atoms with Crippen molar-refractivity contribution in [2.75, 3.05) is 17.2 Å². The maximum atomic E-state index is 14.0. The van der Waals surface area contributed by atoms with Crippen molar-refractivity contribution < 1.29 is 4.39 Å². The fraction of sp³-hybridized carbons (Fsp3) is 0.357. The summed E-state index contributed by atoms with van der Waals surface area (Å²) in [5, 5.41) is 0.636. The Morgan fingerprint density at radius 3 is 3.00 bits per heavy atom. The summed E-state index contributed by atoms with van der Waals surface area (Å²) in [6.45, 7) is 0.849. The van der Waals surface area contributed by atoms with Crippen LogP contribution in [0.5, 0.6) is 0 Å². The Morgan fingerprint density at radius 2 is 2.16 bits per heavy atom. The Bertz CT molecular complexity index is 639. The summed E-state index contributed by atoms with van der Waals surface area (Å²) in [6, 6.07) is 7.26. The number of anilines is 2. The molecule has 2 unspecified atom stereocenters. The smallest absolute Gasteiger partial charge is 0.180 e. The Labute approximate surface area is 114 Å². The number of nitrogen functional groups attached to an aromatic ring is 1. The number of hydrogen-bond donors (Lipinski definition) is 1. The van der Waals surface area contributed by atoms with Gasteiger partial charge in [-0.05, 0) is 25.0 Å². The monoisotopic (exact) mass is 275 g/mol. The Morgan fingerprint density at radius 1 is 1.32 bits per heavy atom. The average molecular weight is 275 g/mol. The van der Waals surface area contributed by atoms with Crippen molar-refractivity contribution in [2.24, 2.45) is 0 Å². The van der Waals surface area contributed by atoms with Crippen molar-refractivity contribution in [3.8, 4) is 0 Å². The van der Waals surface area contributed by atoms with Crippen LogP contribution in [0.4, 0.5) is 15.2 Å². The summed E-state index contributed by atoms with van der Waals surface area (Å²) >= 11 is 1.56. The van der Waals surface area contributed by atoms with Gasteiger partial charge in [-0.1, -0.05) is 23.5 Å². The third kappa shape index (κ3) is 1.57. The van der Waals surface area contributed by atoms with Gasteiger partial charge in [0, 0.05) is 12.5 Å². The number of piperidine rings is 1. The molecule has 0 amide bonds. The van der Waals surface area contributed by atoms with E-state index >= 15 is 0 Å². The summed E-state index contributed by atoms with van der Waals surface area (Å²) < 4.78 is 14.0. The number of thiazole rings is 1. The van der Waals surface area contributed by atoms with Crippen LogP contribution in [-0.2, 0) is 0 Å². The molecule has 3 aliphatic rings. The first kappa shape index (κ1) is 11.2. The third-order valence-corrected chi connectivity index (χ3v) is 5.13. The van der Waals surface area contributed by atoms with Gasteiger partial charge >= 0.3 is 0 Å². The fourth-order valence-corrected chi connectivity index (χ4v) is 4.38. The maximum absolute atomic E-state index is 14.0. The second-order valence-electron chi connectivity index (χ2n) is 5.20. The van der Waals surface area contributed by atoms with Gasteiger partial charge in [-0.2, -0.15) is 0 Å². The number of fused-ring (bicyclic) bond motifs is 2. The molecule has 3 heterocycles. The predicted molar refractivity (Wildman–Crippen MR) is 75.0 cm³/mol. The van der Waals surface area contributed by atoms with E-state index in [1.807, 2.05) is 12.1 Å². The number of aromatic nitrogens is 1. The number of hydrogen-bond acceptors (Lipinski definition) is 4. The first-order valence-electron chi connectivity index (χ1n) is 6.51. The highest BCUT2D eigenvalue weighted by Gasteiger charge is 2.41. The molecule has 5 rings (SSSR count). The van der Waals surface area contributed by atoms with Gasteiger partial charge < -0.3 is 10.6 Å². The minimum Gasteiger partial charge on any atom is -0.375 e. The number of nitrogens with two attached hydrogens (primary N) is 1. The molecular weight excluding hydrogens is 261 g/mol. The average Bonchev–Trinajstić information content (AvgIpc) is 2.83. The van der Waals surface area contributed by atoms with Crippen LogP contribution in [0, 0.1) is 5.82 Å². The van der Waals surface area contributed by atoms with Crippen LogP contribution in [0.2, 0.25) is 0 Å². The molecule has 19 heavy (non-hydrogen) atoms. The van der Waals surface area contributed by atoms with Gasteiger partial charge in [-0.25, -0.2) is 9.37 Å². The molecule has 2 aromatic rings. The van der Waals surface area contributed by atoms with Gasteiger partial charge in [0.25, 0.3) is 0 Å². The van der Waals surface area contributed by atoms with Gasteiger partial charge in [0.2, 0.25) is 0 Å². The lowest BCUT2D eigenvalue weighted by Crippen LogP contribution is -2.42. The van der Waals surface area contributed by atoms with E-state index < -0.39 is 0 Å². The predicted octanol–water partition coefficient (Wildman–Crippen LogP) is 3.30. The van der Waals surface area contributed by atoms with E-state index in [0.29, 0.717) is 16.7 Å². The molecule has 2 aliphatic heterocycles. The van der Waals surface area contributed by atoms with E-state index in [0.717, 1.165) is 25.1 Å². The summed E-state index contributed by atoms with van der Waals surface area (Å²) in [6.07, 6.45) is 2.19. The second kappa shape index (κ2) is 3.93. The zero-order valence-corrected chi connectivity index (χ0v) is 11.2. The zero-order chi connectivity index (χ0) is 13.0. The fourth-order valence-electron chi connectivity index (χ4n) is 3.31. The van der Waals surface area contributed by atoms with E-state index in [-0.39, 0.29) is 11.9 Å². The molecule has 1 aromatic carbocycles. The lowest BCUT2D eigenvalue weighted by atomic mass is 9.81. The molecule has 0 spiro atoms. The van der Waals surface area contributed by atoms with E-state index in [2.05, 4.69) is 9.88 Å². The van der Waals surface area contributed by atoms with Crippen LogP contribution in [0.15, 0.2) is 24.3 Å². The number of rotatable bonds is 1. The van der Waals surface area contributed by atoms with Gasteiger partial charge in [0.1, 0.15) is 5.82 Å². The van der Waals surface area contributed by atoms with Crippen molar-refractivity contribution in [3.05, 3.63) is 40.7 Å². The maximum Gasteiger partial charge on any atom is 0.180 e. The molecule has 98 valence electrons. The summed E-state index contributed by atoms with van der Waals surface area (Å²) in [5.74, 6) is 0.252. The molecule has 0 saturated carbocycles. The molecular formula is C14H14FN3S. The van der Waals surface area contributed by atoms with Crippen molar-refractivity contribution in [1.29, 1.82) is 0 Å². The van der Waals surface area contributed by atoms with Gasteiger partial charge in [0.05, 0.1) is 22.3 Å². The topological polar surface area (TPSA) is 42.1 Å². The van der Waals surface area contributed by atoms with E-state index in [9.17, 15) is 4.39 Å². The quantitative estimate of drug-likeness (QED) is 0.868. The van der Waals surface area contributed by atoms with E-state index in [1.54, 1.807) is 17.4 Å². The minimum absolute atomic E-state index is 0.144. The van der Waals surface area contributed by atoms with Gasteiger partial charge in [-0.15, -0.1) is 0 Å². The van der Waals surface area contributed by atoms with E-state index in [1.165, 1.54) is 10.9 Å². The van der Waals surface area contributed by atoms with Gasteiger partial charge in [0.15, 0.2) is 5.13 Å². The molecule has 2 N–H and O–H groups in total. The van der Waals surface area contributed by atoms with Crippen LogP contribution >= 0.6 is 11.3 Å². The molecule has 0 radical (unpaired) electrons. The second-order valence-corrected chi connectivity index (χ2v) is 6.26. The largest absolute Gasteiger partial charge is 0.375 e. The number of para-hydroxylation sites is 1. The van der Waals surface area contributed by atoms with Crippen LogP contribution < -0.4 is 10.6 Å². The van der Waals surface area contributed by atoms with Crippen LogP contribution in [0.1, 0.15) is 35.4 Å². The highest BCUT2D eigenvalue weighted by atomic mass is 32.1. The van der Waals surface area contributed by atoms with Crippen molar-refractivity contribution in [2.45, 2.75) is 24.8 Å². The molecule has 1 fully saturated rings. The molecule has 1 aromatic heterocycles. The first-order valence-corrected chi connectivity index (χ1v) is 7.33. The standard InChI is InChI=1S/C14H14FN3S/c15-9-3-1-2-4-10(9)18-7-8-5-6-11(18)13-12(8)17-14(16)19-13/h1-4,8,11H,5-7H2,(H2,16,17). The molecule has 1 saturated heterocycles. The highest BCUT2D eigenvalue weighted by Crippen LogP contribution is 2.50. The Hall–Kier alpha value is -1.62. The Balaban J connectivity index is 1.81. The van der Waals surface area contributed by atoms with Crippen molar-refractivity contribution in [1.82, 2.24) is 4.98 Å². The number of benzene rings is 1. The summed E-state index contributed by atoms with van der Waals surface area (Å²) in [5.41, 5.74) is 7.70. The van der Waals surface area contributed by atoms with Crippen molar-refractivity contribution in [3.63, 3.8) is 0 Å². The Kier molecular flexibility index (Phi) is 2.33. The molecule has 2 bridgehead atoms. The lowest BCUT2D eigenvalue weighted by molar-refractivity contribution is 0.385. The molecule has 3 nitrogen and oxygen atoms in total. The van der Waals surface area contributed by atoms with Crippen LogP contribution in [-0.4, -0.2) is 11.5 Å². The third-order valence-electron chi connectivity index (χ3n) is 4.13. The zero-order valence-electron chi connectivity index (χ0n) is 10.3. The SMILES string of the molecule is Nc1nc2c(s1)C1CCC2CN1c1ccccc1F. The number of halogens is 1. The highest BCUT2D eigenvalue weighted by molar-refractivity contribution is 7.15. The van der Waals surface area contributed by atoms with Crippen LogP contribution in [0.3, 0.4) is 0 Å². The summed E-state index contributed by atoms with van der Waals surface area (Å²) in [4.78, 5) is 7.88. The minimum atomic E-state index is -0.144. The van der Waals surface area contributed by atoms with E-state index in [4.69, 9.17) is 5.73 Å². The molecule has 2 atom stereocenters. The number of nitrogens with zero attached hydrogens (tertiary/aromatic N) is 2. The lowest BCUT2D eigenvalue weighted by Gasteiger charge is -2.45. The van der Waals surface area contributed by atoms with Crippen molar-refractivity contribution >= 4 is 22.2 Å². The van der Waals surface area contributed by atoms with Crippen LogP contribution in [0.25, 0.3) is 0 Å². The molecule has 5 heteroatoms.